The van der Waals surface area contributed by atoms with Crippen molar-refractivity contribution in [3.63, 3.8) is 0 Å². The van der Waals surface area contributed by atoms with Gasteiger partial charge >= 0.3 is 23.1 Å². The van der Waals surface area contributed by atoms with Gasteiger partial charge < -0.3 is 34.5 Å². The number of rotatable bonds is 6. The Morgan fingerprint density at radius 1 is 1.19 bits per heavy atom. The van der Waals surface area contributed by atoms with E-state index in [2.05, 4.69) is 4.98 Å². The van der Waals surface area contributed by atoms with E-state index in [9.17, 15) is 4.79 Å². The van der Waals surface area contributed by atoms with Gasteiger partial charge in [-0.15, -0.1) is 0 Å². The van der Waals surface area contributed by atoms with E-state index in [-0.39, 0.29) is 54.5 Å². The molecule has 5 nitrogen and oxygen atoms in total. The summed E-state index contributed by atoms with van der Waals surface area (Å²) >= 11 is 18.0. The second kappa shape index (κ2) is 13.8. The second-order valence-corrected chi connectivity index (χ2v) is 6.04. The molecular formula is C15H16Cl5MnN3O2. The van der Waals surface area contributed by atoms with Gasteiger partial charge in [0.2, 0.25) is 0 Å². The van der Waals surface area contributed by atoms with Gasteiger partial charge in [0.25, 0.3) is 0 Å². The zero-order chi connectivity index (χ0) is 16.8. The summed E-state index contributed by atoms with van der Waals surface area (Å²) in [6, 6.07) is 2.97. The van der Waals surface area contributed by atoms with Crippen LogP contribution in [0.1, 0.15) is 13.3 Å². The van der Waals surface area contributed by atoms with Crippen LogP contribution in [0.4, 0.5) is 4.79 Å². The van der Waals surface area contributed by atoms with Crippen LogP contribution in [0.15, 0.2) is 30.9 Å². The van der Waals surface area contributed by atoms with Gasteiger partial charge in [-0.05, 0) is 18.6 Å². The molecule has 0 aliphatic carbocycles. The standard InChI is InChI=1S/C15H16Cl3N3O2.2ClH.Mn/c1-2-4-20(15(22)21-5-3-19-10-21)6-7-23-14-12(17)8-11(16)9-13(14)18;;;/h3,5,8-10H,2,4,6-7H2,1H3;2*1H;/q;;;+2/p-2. The van der Waals surface area contributed by atoms with E-state index in [1.807, 2.05) is 6.92 Å². The van der Waals surface area contributed by atoms with Crippen molar-refractivity contribution in [2.24, 2.45) is 0 Å². The molecule has 0 unspecified atom stereocenters. The maximum absolute atomic E-state index is 12.3. The molecule has 0 atom stereocenters. The predicted molar refractivity (Wildman–Crippen MR) is 91.9 cm³/mol. The van der Waals surface area contributed by atoms with Gasteiger partial charge in [0.15, 0.2) is 5.75 Å². The molecule has 0 aliphatic heterocycles. The fourth-order valence-electron chi connectivity index (χ4n) is 2.03. The van der Waals surface area contributed by atoms with Crippen LogP contribution < -0.4 is 29.6 Å². The van der Waals surface area contributed by atoms with Gasteiger partial charge in [0.05, 0.1) is 16.6 Å². The van der Waals surface area contributed by atoms with Gasteiger partial charge in [0, 0.05) is 24.0 Å². The molecule has 0 aliphatic rings. The molecule has 1 aromatic carbocycles. The molecule has 0 saturated carbocycles. The summed E-state index contributed by atoms with van der Waals surface area (Å²) in [5.74, 6) is 0.365. The predicted octanol–water partition coefficient (Wildman–Crippen LogP) is -1.39. The van der Waals surface area contributed by atoms with Crippen molar-refractivity contribution in [1.29, 1.82) is 0 Å². The van der Waals surface area contributed by atoms with E-state index >= 15 is 0 Å². The summed E-state index contributed by atoms with van der Waals surface area (Å²) in [6.07, 6.45) is 5.48. The van der Waals surface area contributed by atoms with E-state index < -0.39 is 0 Å². The third-order valence-corrected chi connectivity index (χ3v) is 3.84. The van der Waals surface area contributed by atoms with Crippen LogP contribution in [0, 0.1) is 0 Å². The van der Waals surface area contributed by atoms with Crippen molar-refractivity contribution in [2.45, 2.75) is 13.3 Å². The minimum Gasteiger partial charge on any atom is -1.00 e. The van der Waals surface area contributed by atoms with E-state index in [0.29, 0.717) is 33.9 Å². The number of hydrogen-bond acceptors (Lipinski definition) is 3. The van der Waals surface area contributed by atoms with Crippen molar-refractivity contribution < 1.29 is 51.4 Å². The molecule has 0 N–H and O–H groups in total. The largest absolute Gasteiger partial charge is 2.00 e. The Balaban J connectivity index is 0. The second-order valence-electron chi connectivity index (χ2n) is 4.79. The van der Waals surface area contributed by atoms with E-state index in [1.165, 1.54) is 10.9 Å². The number of nitrogens with zero attached hydrogens (tertiary/aromatic N) is 3. The topological polar surface area (TPSA) is 47.4 Å². The molecule has 1 heterocycles. The minimum atomic E-state index is -0.152. The number of carbonyl (C=O) groups excluding carboxylic acids is 1. The first kappa shape index (κ1) is 27.9. The van der Waals surface area contributed by atoms with E-state index in [1.54, 1.807) is 29.4 Å². The van der Waals surface area contributed by atoms with Crippen molar-refractivity contribution in [1.82, 2.24) is 14.5 Å². The SMILES string of the molecule is CCCN(CCOc1c(Cl)cc(Cl)cc1Cl)C(=O)n1ccnc1.[Cl-].[Cl-].[Mn+2]. The Morgan fingerprint density at radius 3 is 2.31 bits per heavy atom. The normalized spacial score (nSPS) is 9.38. The molecule has 2 rings (SSSR count). The molecule has 1 amide bonds. The van der Waals surface area contributed by atoms with Gasteiger partial charge in [0.1, 0.15) is 12.9 Å². The maximum atomic E-state index is 12.3. The minimum absolute atomic E-state index is 0. The number of imidazole rings is 1. The molecule has 145 valence electrons. The third-order valence-electron chi connectivity index (χ3n) is 3.06. The first-order valence-corrected chi connectivity index (χ1v) is 8.21. The fourth-order valence-corrected chi connectivity index (χ4v) is 2.96. The van der Waals surface area contributed by atoms with Crippen LogP contribution in [-0.2, 0) is 17.1 Å². The number of ether oxygens (including phenoxy) is 1. The van der Waals surface area contributed by atoms with Crippen molar-refractivity contribution >= 4 is 40.8 Å². The molecule has 11 heteroatoms. The number of amides is 1. The summed E-state index contributed by atoms with van der Waals surface area (Å²) in [6.45, 7) is 3.28. The Hall–Kier alpha value is -0.331. The Morgan fingerprint density at radius 2 is 1.81 bits per heavy atom. The van der Waals surface area contributed by atoms with Crippen LogP contribution in [0.5, 0.6) is 5.75 Å². The first-order chi connectivity index (χ1) is 11.0. The van der Waals surface area contributed by atoms with Crippen LogP contribution in [-0.4, -0.2) is 40.2 Å². The molecule has 0 fully saturated rings. The molecule has 0 spiro atoms. The number of carbonyl (C=O) groups is 1. The monoisotopic (exact) mass is 500 g/mol. The number of halogens is 5. The zero-order valence-electron chi connectivity index (χ0n) is 13.6. The third kappa shape index (κ3) is 7.73. The first-order valence-electron chi connectivity index (χ1n) is 7.07. The van der Waals surface area contributed by atoms with Gasteiger partial charge in [-0.3, -0.25) is 4.57 Å². The summed E-state index contributed by atoms with van der Waals surface area (Å²) < 4.78 is 7.05. The maximum Gasteiger partial charge on any atom is 2.00 e. The average Bonchev–Trinajstić information content (AvgIpc) is 3.02. The summed E-state index contributed by atoms with van der Waals surface area (Å²) in [4.78, 5) is 17.9. The van der Waals surface area contributed by atoms with Gasteiger partial charge in [-0.25, -0.2) is 9.78 Å². The molecule has 2 aromatic rings. The number of hydrogen-bond donors (Lipinski definition) is 0. The Labute approximate surface area is 190 Å². The van der Waals surface area contributed by atoms with Crippen LogP contribution >= 0.6 is 34.8 Å². The summed E-state index contributed by atoms with van der Waals surface area (Å²) in [7, 11) is 0. The van der Waals surface area contributed by atoms with Crippen LogP contribution in [0.25, 0.3) is 0 Å². The smallest absolute Gasteiger partial charge is 1.00 e. The molecular weight excluding hydrogens is 486 g/mol. The van der Waals surface area contributed by atoms with E-state index in [0.717, 1.165) is 6.42 Å². The number of benzene rings is 1. The van der Waals surface area contributed by atoms with Crippen molar-refractivity contribution in [3.8, 4) is 5.75 Å². The molecule has 0 saturated heterocycles. The summed E-state index contributed by atoms with van der Waals surface area (Å²) in [5.41, 5.74) is 0. The Kier molecular flexibility index (Phi) is 14.8. The molecule has 1 radical (unpaired) electrons. The van der Waals surface area contributed by atoms with Gasteiger partial charge in [-0.1, -0.05) is 41.7 Å². The Bertz CT molecular complexity index is 650. The zero-order valence-corrected chi connectivity index (χ0v) is 18.6. The number of aromatic nitrogens is 2. The van der Waals surface area contributed by atoms with Gasteiger partial charge in [-0.2, -0.15) is 0 Å². The molecule has 1 aromatic heterocycles. The van der Waals surface area contributed by atoms with Crippen molar-refractivity contribution in [3.05, 3.63) is 45.9 Å². The van der Waals surface area contributed by atoms with Crippen LogP contribution in [0.3, 0.4) is 0 Å². The molecule has 0 bridgehead atoms. The van der Waals surface area contributed by atoms with Crippen LogP contribution in [0.2, 0.25) is 15.1 Å². The molecule has 26 heavy (non-hydrogen) atoms. The quantitative estimate of drug-likeness (QED) is 0.457. The van der Waals surface area contributed by atoms with E-state index in [4.69, 9.17) is 39.5 Å². The fraction of sp³-hybridized carbons (Fsp3) is 0.333. The summed E-state index contributed by atoms with van der Waals surface area (Å²) in [5, 5.41) is 1.12. The van der Waals surface area contributed by atoms with Crippen molar-refractivity contribution in [2.75, 3.05) is 19.7 Å². The average molecular weight is 503 g/mol.